The molecule has 0 saturated carbocycles. The van der Waals surface area contributed by atoms with Gasteiger partial charge in [-0.25, -0.2) is 8.42 Å². The number of guanidine groups is 1. The van der Waals surface area contributed by atoms with Crippen molar-refractivity contribution < 1.29 is 27.9 Å². The molecule has 0 bridgehead atoms. The van der Waals surface area contributed by atoms with E-state index >= 15 is 0 Å². The number of aliphatic carboxylic acids is 1. The number of halogens is 1. The van der Waals surface area contributed by atoms with Crippen LogP contribution in [0.25, 0.3) is 0 Å². The highest BCUT2D eigenvalue weighted by Crippen LogP contribution is 2.12. The molecule has 32 heavy (non-hydrogen) atoms. The zero-order valence-corrected chi connectivity index (χ0v) is 19.0. The fourth-order valence-electron chi connectivity index (χ4n) is 2.60. The van der Waals surface area contributed by atoms with Gasteiger partial charge >= 0.3 is 5.97 Å². The van der Waals surface area contributed by atoms with Crippen LogP contribution < -0.4 is 31.1 Å². The molecule has 14 heteroatoms. The summed E-state index contributed by atoms with van der Waals surface area (Å²) in [7, 11) is -3.85. The first-order valence-corrected chi connectivity index (χ1v) is 11.4. The lowest BCUT2D eigenvalue weighted by Gasteiger charge is -2.16. The Kier molecular flexibility index (Phi) is 11.8. The number of benzene rings is 1. The standard InChI is InChI=1S/C18H28N6O6S.ClH/c19-6-11-31(28,29)24-15(17(26)27)12-23-16(25)13-2-4-14(5-3-13)30-10-9-22-18-20-7-1-8-21-18;/h2-5,15,24H,1,6-12,19H2,(H,23,25)(H,26,27)(H2,20,21,22);1H. The number of aliphatic imine (C=N–C) groups is 1. The van der Waals surface area contributed by atoms with Gasteiger partial charge in [-0.15, -0.1) is 12.4 Å². The summed E-state index contributed by atoms with van der Waals surface area (Å²) < 4.78 is 31.0. The van der Waals surface area contributed by atoms with E-state index in [1.54, 1.807) is 12.1 Å². The normalized spacial score (nSPS) is 14.2. The van der Waals surface area contributed by atoms with E-state index in [2.05, 4.69) is 20.9 Å². The van der Waals surface area contributed by atoms with Gasteiger partial charge in [0.1, 0.15) is 18.4 Å². The third-order valence-electron chi connectivity index (χ3n) is 4.15. The van der Waals surface area contributed by atoms with Gasteiger partial charge in [0.15, 0.2) is 5.96 Å². The average molecular weight is 493 g/mol. The van der Waals surface area contributed by atoms with Gasteiger partial charge in [0.05, 0.1) is 12.3 Å². The molecular weight excluding hydrogens is 464 g/mol. The van der Waals surface area contributed by atoms with Gasteiger partial charge < -0.3 is 31.5 Å². The lowest BCUT2D eigenvalue weighted by molar-refractivity contribution is -0.138. The topological polar surface area (TPSA) is 184 Å². The molecule has 0 aromatic heterocycles. The smallest absolute Gasteiger partial charge is 0.323 e. The van der Waals surface area contributed by atoms with Crippen LogP contribution in [0.2, 0.25) is 0 Å². The number of nitrogens with one attached hydrogen (secondary N) is 4. The van der Waals surface area contributed by atoms with Crippen LogP contribution in [0, 0.1) is 0 Å². The number of rotatable bonds is 12. The molecular formula is C18H29ClN6O6S. The molecule has 0 spiro atoms. The molecule has 0 fully saturated rings. The van der Waals surface area contributed by atoms with Crippen molar-refractivity contribution in [1.82, 2.24) is 20.7 Å². The third kappa shape index (κ3) is 9.68. The van der Waals surface area contributed by atoms with Gasteiger partial charge in [-0.1, -0.05) is 0 Å². The highest BCUT2D eigenvalue weighted by atomic mass is 35.5. The molecule has 2 rings (SSSR count). The molecule has 1 atom stereocenters. The molecule has 1 aliphatic heterocycles. The summed E-state index contributed by atoms with van der Waals surface area (Å²) in [6.45, 7) is 2.08. The average Bonchev–Trinajstić information content (AvgIpc) is 2.75. The maximum Gasteiger partial charge on any atom is 0.323 e. The number of carbonyl (C=O) groups excluding carboxylic acids is 1. The molecule has 1 unspecified atom stereocenters. The summed E-state index contributed by atoms with van der Waals surface area (Å²) in [5.74, 6) is -1.04. The Bertz CT molecular complexity index is 880. The van der Waals surface area contributed by atoms with E-state index in [0.29, 0.717) is 18.9 Å². The van der Waals surface area contributed by atoms with Crippen molar-refractivity contribution >= 4 is 40.3 Å². The lowest BCUT2D eigenvalue weighted by Crippen LogP contribution is -2.49. The summed E-state index contributed by atoms with van der Waals surface area (Å²) >= 11 is 0. The van der Waals surface area contributed by atoms with Gasteiger partial charge in [-0.3, -0.25) is 14.6 Å². The van der Waals surface area contributed by atoms with Gasteiger partial charge in [0.2, 0.25) is 10.0 Å². The fraction of sp³-hybridized carbons (Fsp3) is 0.500. The van der Waals surface area contributed by atoms with Crippen molar-refractivity contribution in [1.29, 1.82) is 0 Å². The number of carboxylic acids is 1. The number of sulfonamides is 1. The highest BCUT2D eigenvalue weighted by Gasteiger charge is 2.24. The Labute approximate surface area is 192 Å². The SMILES string of the molecule is Cl.NCCS(=O)(=O)NC(CNC(=O)c1ccc(OCCNC2=NCCCN2)cc1)C(=O)O. The quantitative estimate of drug-likeness (QED) is 0.189. The zero-order chi connectivity index (χ0) is 22.7. The van der Waals surface area contributed by atoms with Crippen LogP contribution in [0.1, 0.15) is 16.8 Å². The second-order valence-corrected chi connectivity index (χ2v) is 8.51. The number of hydrogen-bond donors (Lipinski definition) is 6. The first kappa shape index (κ1) is 27.4. The second-order valence-electron chi connectivity index (χ2n) is 6.64. The molecule has 1 aromatic rings. The van der Waals surface area contributed by atoms with Gasteiger partial charge in [-0.05, 0) is 30.7 Å². The van der Waals surface area contributed by atoms with E-state index in [0.717, 1.165) is 25.5 Å². The molecule has 1 amide bonds. The fourth-order valence-corrected chi connectivity index (χ4v) is 3.64. The number of carbonyl (C=O) groups is 2. The summed E-state index contributed by atoms with van der Waals surface area (Å²) in [4.78, 5) is 27.8. The first-order valence-electron chi connectivity index (χ1n) is 9.77. The Morgan fingerprint density at radius 2 is 2.00 bits per heavy atom. The van der Waals surface area contributed by atoms with Crippen molar-refractivity contribution in [3.63, 3.8) is 0 Å². The summed E-state index contributed by atoms with van der Waals surface area (Å²) in [5, 5.41) is 17.8. The summed E-state index contributed by atoms with van der Waals surface area (Å²) in [6.07, 6.45) is 1.02. The molecule has 1 heterocycles. The van der Waals surface area contributed by atoms with Gasteiger partial charge in [-0.2, -0.15) is 4.72 Å². The van der Waals surface area contributed by atoms with E-state index < -0.39 is 40.2 Å². The Balaban J connectivity index is 0.00000512. The van der Waals surface area contributed by atoms with E-state index in [4.69, 9.17) is 15.6 Å². The van der Waals surface area contributed by atoms with Crippen LogP contribution in [-0.2, 0) is 14.8 Å². The van der Waals surface area contributed by atoms with Crippen molar-refractivity contribution in [3.8, 4) is 5.75 Å². The largest absolute Gasteiger partial charge is 0.492 e. The number of nitrogens with two attached hydrogens (primary N) is 1. The Morgan fingerprint density at radius 3 is 2.59 bits per heavy atom. The molecule has 7 N–H and O–H groups in total. The maximum absolute atomic E-state index is 12.2. The summed E-state index contributed by atoms with van der Waals surface area (Å²) in [6, 6.07) is 4.78. The zero-order valence-electron chi connectivity index (χ0n) is 17.4. The van der Waals surface area contributed by atoms with Gasteiger partial charge in [0, 0.05) is 31.7 Å². The molecule has 0 radical (unpaired) electrons. The Hall–Kier alpha value is -2.61. The van der Waals surface area contributed by atoms with E-state index in [9.17, 15) is 18.0 Å². The molecule has 0 saturated heterocycles. The van der Waals surface area contributed by atoms with Crippen LogP contribution in [-0.4, -0.2) is 82.5 Å². The van der Waals surface area contributed by atoms with Crippen LogP contribution in [0.5, 0.6) is 5.75 Å². The number of ether oxygens (including phenoxy) is 1. The van der Waals surface area contributed by atoms with E-state index in [-0.39, 0.29) is 24.5 Å². The first-order chi connectivity index (χ1) is 14.8. The van der Waals surface area contributed by atoms with Crippen LogP contribution in [0.3, 0.4) is 0 Å². The van der Waals surface area contributed by atoms with Crippen molar-refractivity contribution in [2.75, 3.05) is 45.1 Å². The van der Waals surface area contributed by atoms with Crippen molar-refractivity contribution in [2.45, 2.75) is 12.5 Å². The number of hydrogen-bond acceptors (Lipinski definition) is 9. The van der Waals surface area contributed by atoms with Crippen LogP contribution in [0.4, 0.5) is 0 Å². The van der Waals surface area contributed by atoms with Crippen LogP contribution >= 0.6 is 12.4 Å². The monoisotopic (exact) mass is 492 g/mol. The highest BCUT2D eigenvalue weighted by molar-refractivity contribution is 7.89. The van der Waals surface area contributed by atoms with Crippen LogP contribution in [0.15, 0.2) is 29.3 Å². The van der Waals surface area contributed by atoms with E-state index in [1.807, 2.05) is 4.72 Å². The number of carboxylic acid groups (broad SMARTS) is 1. The minimum absolute atomic E-state index is 0. The second kappa shape index (κ2) is 13.7. The minimum Gasteiger partial charge on any atom is -0.492 e. The van der Waals surface area contributed by atoms with Crippen molar-refractivity contribution in [3.05, 3.63) is 29.8 Å². The van der Waals surface area contributed by atoms with E-state index in [1.165, 1.54) is 12.1 Å². The third-order valence-corrected chi connectivity index (χ3v) is 5.57. The minimum atomic E-state index is -3.85. The Morgan fingerprint density at radius 1 is 1.28 bits per heavy atom. The predicted octanol–water partition coefficient (Wildman–Crippen LogP) is -1.51. The molecule has 1 aromatic carbocycles. The van der Waals surface area contributed by atoms with Gasteiger partial charge in [0.25, 0.3) is 5.91 Å². The predicted molar refractivity (Wildman–Crippen MR) is 122 cm³/mol. The maximum atomic E-state index is 12.2. The molecule has 12 nitrogen and oxygen atoms in total. The van der Waals surface area contributed by atoms with Crippen molar-refractivity contribution in [2.24, 2.45) is 10.7 Å². The molecule has 0 aliphatic carbocycles. The number of nitrogens with zero attached hydrogens (tertiary/aromatic N) is 1. The summed E-state index contributed by atoms with van der Waals surface area (Å²) in [5.41, 5.74) is 5.47. The lowest BCUT2D eigenvalue weighted by atomic mass is 10.2. The molecule has 1 aliphatic rings. The molecule has 180 valence electrons. The number of amides is 1.